The molecule has 1 amide bonds. The van der Waals surface area contributed by atoms with Crippen LogP contribution in [0.2, 0.25) is 5.02 Å². The van der Waals surface area contributed by atoms with Gasteiger partial charge >= 0.3 is 0 Å². The molecule has 3 aromatic rings. The molecule has 0 fully saturated rings. The third-order valence-electron chi connectivity index (χ3n) is 3.54. The molecule has 1 atom stereocenters. The van der Waals surface area contributed by atoms with Crippen molar-refractivity contribution in [3.8, 4) is 11.3 Å². The molecule has 0 radical (unpaired) electrons. The van der Waals surface area contributed by atoms with Crippen LogP contribution in [-0.4, -0.2) is 21.1 Å². The zero-order chi connectivity index (χ0) is 16.9. The normalized spacial score (nSPS) is 11.9. The molecule has 0 saturated carbocycles. The molecule has 24 heavy (non-hydrogen) atoms. The molecule has 6 nitrogen and oxygen atoms in total. The number of hydrogen-bond acceptors (Lipinski definition) is 4. The predicted octanol–water partition coefficient (Wildman–Crippen LogP) is 3.15. The highest BCUT2D eigenvalue weighted by molar-refractivity contribution is 6.30. The van der Waals surface area contributed by atoms with E-state index in [1.165, 1.54) is 0 Å². The second-order valence-electron chi connectivity index (χ2n) is 5.31. The number of nitrogens with zero attached hydrogens (tertiary/aromatic N) is 2. The van der Waals surface area contributed by atoms with Gasteiger partial charge in [0.05, 0.1) is 5.69 Å². The van der Waals surface area contributed by atoms with Crippen LogP contribution < -0.4 is 11.1 Å². The highest BCUT2D eigenvalue weighted by Gasteiger charge is 2.13. The standard InChI is InChI=1S/C17H16ClN5O/c18-13-3-1-11(2-4-13)14(19)9-17(24)21-16-10-15(22-23-16)12-5-7-20-8-6-12/h1-8,10,14H,9,19H2,(H2,21,22,23,24)/t14-/m1/s1. The fourth-order valence-electron chi connectivity index (χ4n) is 2.29. The van der Waals surface area contributed by atoms with Crippen LogP contribution in [0.5, 0.6) is 0 Å². The maximum absolute atomic E-state index is 12.1. The number of aromatic nitrogens is 3. The van der Waals surface area contributed by atoms with Gasteiger partial charge in [0.15, 0.2) is 5.82 Å². The summed E-state index contributed by atoms with van der Waals surface area (Å²) in [7, 11) is 0. The van der Waals surface area contributed by atoms with Gasteiger partial charge in [-0.2, -0.15) is 5.10 Å². The molecule has 2 heterocycles. The van der Waals surface area contributed by atoms with Crippen molar-refractivity contribution < 1.29 is 4.79 Å². The van der Waals surface area contributed by atoms with Crippen molar-refractivity contribution in [3.63, 3.8) is 0 Å². The number of pyridine rings is 1. The van der Waals surface area contributed by atoms with Crippen LogP contribution >= 0.6 is 11.6 Å². The van der Waals surface area contributed by atoms with Gasteiger partial charge in [0, 0.05) is 41.5 Å². The van der Waals surface area contributed by atoms with Gasteiger partial charge in [-0.3, -0.25) is 14.9 Å². The first-order valence-corrected chi connectivity index (χ1v) is 7.76. The fraction of sp³-hybridized carbons (Fsp3) is 0.118. The van der Waals surface area contributed by atoms with Crippen molar-refractivity contribution >= 4 is 23.3 Å². The van der Waals surface area contributed by atoms with Gasteiger partial charge in [0.25, 0.3) is 0 Å². The largest absolute Gasteiger partial charge is 0.324 e. The smallest absolute Gasteiger partial charge is 0.227 e. The first kappa shape index (κ1) is 16.2. The van der Waals surface area contributed by atoms with Crippen molar-refractivity contribution in [2.75, 3.05) is 5.32 Å². The van der Waals surface area contributed by atoms with Crippen molar-refractivity contribution in [1.29, 1.82) is 0 Å². The Bertz CT molecular complexity index is 817. The Morgan fingerprint density at radius 2 is 1.92 bits per heavy atom. The predicted molar refractivity (Wildman–Crippen MR) is 93.4 cm³/mol. The molecule has 7 heteroatoms. The Kier molecular flexibility index (Phi) is 4.88. The second-order valence-corrected chi connectivity index (χ2v) is 5.75. The molecule has 3 rings (SSSR count). The SMILES string of the molecule is N[C@H](CC(=O)Nc1cc(-c2ccncc2)[nH]n1)c1ccc(Cl)cc1. The maximum atomic E-state index is 12.1. The summed E-state index contributed by atoms with van der Waals surface area (Å²) in [5.74, 6) is 0.250. The molecule has 4 N–H and O–H groups in total. The number of H-pyrrole nitrogens is 1. The number of halogens is 1. The molecule has 0 bridgehead atoms. The fourth-order valence-corrected chi connectivity index (χ4v) is 2.41. The number of hydrogen-bond donors (Lipinski definition) is 3. The lowest BCUT2D eigenvalue weighted by molar-refractivity contribution is -0.116. The number of aromatic amines is 1. The summed E-state index contributed by atoms with van der Waals surface area (Å²) < 4.78 is 0. The van der Waals surface area contributed by atoms with Crippen molar-refractivity contribution in [3.05, 3.63) is 65.4 Å². The summed E-state index contributed by atoms with van der Waals surface area (Å²) >= 11 is 5.85. The number of carbonyl (C=O) groups is 1. The molecule has 0 aliphatic heterocycles. The quantitative estimate of drug-likeness (QED) is 0.664. The lowest BCUT2D eigenvalue weighted by Crippen LogP contribution is -2.20. The molecule has 122 valence electrons. The first-order valence-electron chi connectivity index (χ1n) is 7.38. The molecular weight excluding hydrogens is 326 g/mol. The van der Waals surface area contributed by atoms with E-state index < -0.39 is 6.04 Å². The zero-order valence-corrected chi connectivity index (χ0v) is 13.5. The van der Waals surface area contributed by atoms with E-state index in [0.717, 1.165) is 16.8 Å². The molecule has 2 aromatic heterocycles. The van der Waals surface area contributed by atoms with Gasteiger partial charge in [0.1, 0.15) is 0 Å². The summed E-state index contributed by atoms with van der Waals surface area (Å²) in [5, 5.41) is 10.3. The van der Waals surface area contributed by atoms with Crippen LogP contribution in [0.25, 0.3) is 11.3 Å². The third kappa shape index (κ3) is 3.98. The van der Waals surface area contributed by atoms with E-state index in [1.807, 2.05) is 24.3 Å². The van der Waals surface area contributed by atoms with Gasteiger partial charge in [0.2, 0.25) is 5.91 Å². The zero-order valence-electron chi connectivity index (χ0n) is 12.7. The molecule has 0 saturated heterocycles. The second kappa shape index (κ2) is 7.25. The van der Waals surface area contributed by atoms with E-state index in [2.05, 4.69) is 20.5 Å². The van der Waals surface area contributed by atoms with Crippen LogP contribution in [0, 0.1) is 0 Å². The van der Waals surface area contributed by atoms with Crippen molar-refractivity contribution in [2.45, 2.75) is 12.5 Å². The van der Waals surface area contributed by atoms with E-state index in [9.17, 15) is 4.79 Å². The first-order chi connectivity index (χ1) is 11.6. The summed E-state index contributed by atoms with van der Waals surface area (Å²) in [6.45, 7) is 0. The summed E-state index contributed by atoms with van der Waals surface area (Å²) in [6, 6.07) is 12.2. The third-order valence-corrected chi connectivity index (χ3v) is 3.79. The van der Waals surface area contributed by atoms with Crippen LogP contribution in [0.1, 0.15) is 18.0 Å². The number of nitrogens with two attached hydrogens (primary N) is 1. The van der Waals surface area contributed by atoms with E-state index in [4.69, 9.17) is 17.3 Å². The van der Waals surface area contributed by atoms with E-state index in [0.29, 0.717) is 10.8 Å². The number of amides is 1. The minimum atomic E-state index is -0.402. The number of nitrogens with one attached hydrogen (secondary N) is 2. The van der Waals surface area contributed by atoms with E-state index >= 15 is 0 Å². The average molecular weight is 342 g/mol. The average Bonchev–Trinajstić information content (AvgIpc) is 3.04. The Hall–Kier alpha value is -2.70. The van der Waals surface area contributed by atoms with Crippen LogP contribution in [0.4, 0.5) is 5.82 Å². The van der Waals surface area contributed by atoms with Gasteiger partial charge in [-0.1, -0.05) is 23.7 Å². The lowest BCUT2D eigenvalue weighted by Gasteiger charge is -2.11. The lowest BCUT2D eigenvalue weighted by atomic mass is 10.0. The number of carbonyl (C=O) groups excluding carboxylic acids is 1. The van der Waals surface area contributed by atoms with E-state index in [1.54, 1.807) is 30.6 Å². The molecule has 0 aliphatic carbocycles. The number of benzene rings is 1. The Morgan fingerprint density at radius 3 is 2.62 bits per heavy atom. The monoisotopic (exact) mass is 341 g/mol. The Balaban J connectivity index is 1.61. The molecule has 1 aromatic carbocycles. The van der Waals surface area contributed by atoms with Crippen LogP contribution in [0.3, 0.4) is 0 Å². The summed E-state index contributed by atoms with van der Waals surface area (Å²) in [5.41, 5.74) is 8.65. The van der Waals surface area contributed by atoms with Crippen molar-refractivity contribution in [1.82, 2.24) is 15.2 Å². The topological polar surface area (TPSA) is 96.7 Å². The molecule has 0 unspecified atom stereocenters. The number of anilines is 1. The van der Waals surface area contributed by atoms with Gasteiger partial charge in [-0.15, -0.1) is 0 Å². The summed E-state index contributed by atoms with van der Waals surface area (Å²) in [6.07, 6.45) is 3.54. The highest BCUT2D eigenvalue weighted by atomic mass is 35.5. The highest BCUT2D eigenvalue weighted by Crippen LogP contribution is 2.20. The minimum absolute atomic E-state index is 0.152. The molecule has 0 spiro atoms. The Labute approximate surface area is 144 Å². The van der Waals surface area contributed by atoms with Crippen molar-refractivity contribution in [2.24, 2.45) is 5.73 Å². The Morgan fingerprint density at radius 1 is 1.21 bits per heavy atom. The number of rotatable bonds is 5. The maximum Gasteiger partial charge on any atom is 0.227 e. The molecular formula is C17H16ClN5O. The van der Waals surface area contributed by atoms with E-state index in [-0.39, 0.29) is 12.3 Å². The minimum Gasteiger partial charge on any atom is -0.324 e. The van der Waals surface area contributed by atoms with Crippen LogP contribution in [-0.2, 0) is 4.79 Å². The molecule has 0 aliphatic rings. The van der Waals surface area contributed by atoms with Gasteiger partial charge < -0.3 is 11.1 Å². The van der Waals surface area contributed by atoms with Gasteiger partial charge in [-0.05, 0) is 29.8 Å². The van der Waals surface area contributed by atoms with Crippen LogP contribution in [0.15, 0.2) is 54.9 Å². The summed E-state index contributed by atoms with van der Waals surface area (Å²) in [4.78, 5) is 16.1. The van der Waals surface area contributed by atoms with Gasteiger partial charge in [-0.25, -0.2) is 0 Å².